The van der Waals surface area contributed by atoms with Crippen molar-refractivity contribution in [3.05, 3.63) is 53.7 Å². The smallest absolute Gasteiger partial charge is 0.267 e. The number of carbonyl (C=O) groups excluding carboxylic acids is 2. The van der Waals surface area contributed by atoms with E-state index in [1.54, 1.807) is 12.3 Å². The number of hydrogen-bond acceptors (Lipinski definition) is 6. The van der Waals surface area contributed by atoms with Crippen LogP contribution in [-0.2, 0) is 10.0 Å². The normalized spacial score (nSPS) is 11.2. The molecule has 0 aliphatic rings. The van der Waals surface area contributed by atoms with E-state index in [1.165, 1.54) is 48.3 Å². The summed E-state index contributed by atoms with van der Waals surface area (Å²) in [6, 6.07) is 8.39. The molecule has 0 aliphatic carbocycles. The van der Waals surface area contributed by atoms with Crippen LogP contribution in [0.5, 0.6) is 0 Å². The molecule has 0 fully saturated rings. The van der Waals surface area contributed by atoms with Crippen molar-refractivity contribution < 1.29 is 18.0 Å². The maximum absolute atomic E-state index is 12.4. The van der Waals surface area contributed by atoms with Crippen molar-refractivity contribution in [3.8, 4) is 0 Å². The molecule has 9 heteroatoms. The average Bonchev–Trinajstić information content (AvgIpc) is 2.60. The lowest BCUT2D eigenvalue weighted by atomic mass is 10.2. The SMILES string of the molecule is CSc1ncccc1C(=O)NS(=O)(=O)c1ccc(C(=O)NC(C)C)cc1. The lowest BCUT2D eigenvalue weighted by molar-refractivity contribution is 0.0940. The molecule has 0 saturated carbocycles. The number of hydrogen-bond donors (Lipinski definition) is 2. The molecule has 2 aromatic rings. The van der Waals surface area contributed by atoms with Crippen LogP contribution in [0, 0.1) is 0 Å². The van der Waals surface area contributed by atoms with E-state index in [9.17, 15) is 18.0 Å². The van der Waals surface area contributed by atoms with Crippen LogP contribution in [-0.4, -0.2) is 37.5 Å². The van der Waals surface area contributed by atoms with Crippen molar-refractivity contribution in [1.29, 1.82) is 0 Å². The second kappa shape index (κ2) is 8.33. The fourth-order valence-electron chi connectivity index (χ4n) is 2.09. The summed E-state index contributed by atoms with van der Waals surface area (Å²) < 4.78 is 26.9. The number of carbonyl (C=O) groups is 2. The summed E-state index contributed by atoms with van der Waals surface area (Å²) in [5, 5.41) is 3.15. The molecule has 1 aromatic carbocycles. The van der Waals surface area contributed by atoms with Gasteiger partial charge in [-0.25, -0.2) is 18.1 Å². The van der Waals surface area contributed by atoms with Gasteiger partial charge in [-0.3, -0.25) is 9.59 Å². The fraction of sp³-hybridized carbons (Fsp3) is 0.235. The highest BCUT2D eigenvalue weighted by Gasteiger charge is 2.21. The summed E-state index contributed by atoms with van der Waals surface area (Å²) in [7, 11) is -4.07. The maximum atomic E-state index is 12.4. The minimum Gasteiger partial charge on any atom is -0.350 e. The molecule has 2 amide bonds. The second-order valence-electron chi connectivity index (χ2n) is 5.65. The standard InChI is InChI=1S/C17H19N3O4S2/c1-11(2)19-15(21)12-6-8-13(9-7-12)26(23,24)20-16(22)14-5-4-10-18-17(14)25-3/h4-11H,1-3H3,(H,19,21)(H,20,22). The predicted molar refractivity (Wildman–Crippen MR) is 99.7 cm³/mol. The molecule has 0 atom stereocenters. The topological polar surface area (TPSA) is 105 Å². The molecule has 0 aliphatic heterocycles. The van der Waals surface area contributed by atoms with Crippen LogP contribution in [0.15, 0.2) is 52.5 Å². The molecule has 0 spiro atoms. The quantitative estimate of drug-likeness (QED) is 0.728. The minimum absolute atomic E-state index is 0.0321. The Morgan fingerprint density at radius 1 is 1.08 bits per heavy atom. The Labute approximate surface area is 156 Å². The van der Waals surface area contributed by atoms with Gasteiger partial charge in [-0.1, -0.05) is 0 Å². The Hall–Kier alpha value is -2.39. The van der Waals surface area contributed by atoms with E-state index in [-0.39, 0.29) is 22.4 Å². The van der Waals surface area contributed by atoms with Crippen LogP contribution in [0.2, 0.25) is 0 Å². The van der Waals surface area contributed by atoms with Gasteiger partial charge in [0.1, 0.15) is 5.03 Å². The van der Waals surface area contributed by atoms with Gasteiger partial charge in [0.15, 0.2) is 0 Å². The number of rotatable bonds is 6. The van der Waals surface area contributed by atoms with Crippen LogP contribution in [0.25, 0.3) is 0 Å². The van der Waals surface area contributed by atoms with Gasteiger partial charge in [0.2, 0.25) is 0 Å². The Morgan fingerprint density at radius 3 is 2.31 bits per heavy atom. The van der Waals surface area contributed by atoms with Crippen LogP contribution in [0.3, 0.4) is 0 Å². The molecule has 138 valence electrons. The summed E-state index contributed by atoms with van der Waals surface area (Å²) in [5.41, 5.74) is 0.511. The summed E-state index contributed by atoms with van der Waals surface area (Å²) in [5.74, 6) is -1.06. The first-order chi connectivity index (χ1) is 12.2. The fourth-order valence-corrected chi connectivity index (χ4v) is 3.61. The monoisotopic (exact) mass is 393 g/mol. The number of nitrogens with one attached hydrogen (secondary N) is 2. The van der Waals surface area contributed by atoms with Crippen molar-refractivity contribution in [3.63, 3.8) is 0 Å². The van der Waals surface area contributed by atoms with E-state index in [2.05, 4.69) is 10.3 Å². The Bertz CT molecular complexity index is 910. The molecule has 0 saturated heterocycles. The molecule has 7 nitrogen and oxygen atoms in total. The van der Waals surface area contributed by atoms with Gasteiger partial charge >= 0.3 is 0 Å². The van der Waals surface area contributed by atoms with Gasteiger partial charge in [-0.2, -0.15) is 0 Å². The lowest BCUT2D eigenvalue weighted by Crippen LogP contribution is -2.31. The van der Waals surface area contributed by atoms with Gasteiger partial charge in [0, 0.05) is 17.8 Å². The third kappa shape index (κ3) is 4.83. The molecule has 1 heterocycles. The molecule has 0 bridgehead atoms. The number of aromatic nitrogens is 1. The summed E-state index contributed by atoms with van der Waals surface area (Å²) in [6.07, 6.45) is 3.27. The molecule has 0 unspecified atom stereocenters. The van der Waals surface area contributed by atoms with E-state index in [1.807, 2.05) is 18.6 Å². The molecule has 26 heavy (non-hydrogen) atoms. The van der Waals surface area contributed by atoms with E-state index in [4.69, 9.17) is 0 Å². The molecule has 2 rings (SSSR count). The van der Waals surface area contributed by atoms with Crippen molar-refractivity contribution >= 4 is 33.6 Å². The number of amides is 2. The van der Waals surface area contributed by atoms with E-state index in [0.717, 1.165) is 0 Å². The van der Waals surface area contributed by atoms with Crippen molar-refractivity contribution in [1.82, 2.24) is 15.0 Å². The van der Waals surface area contributed by atoms with Gasteiger partial charge in [-0.05, 0) is 56.5 Å². The first-order valence-corrected chi connectivity index (χ1v) is 10.4. The Kier molecular flexibility index (Phi) is 6.38. The first-order valence-electron chi connectivity index (χ1n) is 7.71. The zero-order chi connectivity index (χ0) is 19.3. The van der Waals surface area contributed by atoms with Gasteiger partial charge in [0.05, 0.1) is 10.5 Å². The summed E-state index contributed by atoms with van der Waals surface area (Å²) in [6.45, 7) is 3.65. The van der Waals surface area contributed by atoms with Crippen molar-refractivity contribution in [2.75, 3.05) is 6.26 Å². The average molecular weight is 393 g/mol. The maximum Gasteiger partial charge on any atom is 0.267 e. The van der Waals surface area contributed by atoms with Crippen LogP contribution in [0.1, 0.15) is 34.6 Å². The van der Waals surface area contributed by atoms with E-state index in [0.29, 0.717) is 10.6 Å². The third-order valence-corrected chi connectivity index (χ3v) is 5.34. The highest BCUT2D eigenvalue weighted by Crippen LogP contribution is 2.18. The third-order valence-electron chi connectivity index (χ3n) is 3.28. The molecular formula is C17H19N3O4S2. The number of sulfonamides is 1. The minimum atomic E-state index is -4.07. The Morgan fingerprint density at radius 2 is 1.73 bits per heavy atom. The van der Waals surface area contributed by atoms with Crippen LogP contribution < -0.4 is 10.0 Å². The first kappa shape index (κ1) is 19.9. The zero-order valence-corrected chi connectivity index (χ0v) is 16.1. The Balaban J connectivity index is 2.19. The largest absolute Gasteiger partial charge is 0.350 e. The van der Waals surface area contributed by atoms with Crippen molar-refractivity contribution in [2.24, 2.45) is 0 Å². The zero-order valence-electron chi connectivity index (χ0n) is 14.5. The lowest BCUT2D eigenvalue weighted by Gasteiger charge is -2.10. The van der Waals surface area contributed by atoms with E-state index >= 15 is 0 Å². The highest BCUT2D eigenvalue weighted by molar-refractivity contribution is 7.98. The number of nitrogens with zero attached hydrogens (tertiary/aromatic N) is 1. The second-order valence-corrected chi connectivity index (χ2v) is 8.12. The predicted octanol–water partition coefficient (Wildman–Crippen LogP) is 2.06. The van der Waals surface area contributed by atoms with Gasteiger partial charge < -0.3 is 5.32 Å². The molecule has 2 N–H and O–H groups in total. The van der Waals surface area contributed by atoms with E-state index < -0.39 is 15.9 Å². The highest BCUT2D eigenvalue weighted by atomic mass is 32.2. The molecular weight excluding hydrogens is 374 g/mol. The number of thioether (sulfide) groups is 1. The van der Waals surface area contributed by atoms with Crippen molar-refractivity contribution in [2.45, 2.75) is 29.8 Å². The van der Waals surface area contributed by atoms with Gasteiger partial charge in [-0.15, -0.1) is 11.8 Å². The molecule has 1 aromatic heterocycles. The van der Waals surface area contributed by atoms with Crippen LogP contribution >= 0.6 is 11.8 Å². The summed E-state index contributed by atoms with van der Waals surface area (Å²) in [4.78, 5) is 28.1. The van der Waals surface area contributed by atoms with Crippen LogP contribution in [0.4, 0.5) is 0 Å². The number of benzene rings is 1. The number of pyridine rings is 1. The van der Waals surface area contributed by atoms with Gasteiger partial charge in [0.25, 0.3) is 21.8 Å². The summed E-state index contributed by atoms with van der Waals surface area (Å²) >= 11 is 1.24. The molecule has 0 radical (unpaired) electrons.